The molecule has 0 saturated carbocycles. The van der Waals surface area contributed by atoms with Crippen LogP contribution < -0.4 is 0 Å². The molecule has 1 atom stereocenters. The van der Waals surface area contributed by atoms with Crippen LogP contribution in [0.1, 0.15) is 24.5 Å². The van der Waals surface area contributed by atoms with Crippen molar-refractivity contribution in [2.75, 3.05) is 19.3 Å². The van der Waals surface area contributed by atoms with Crippen LogP contribution in [0.25, 0.3) is 11.4 Å². The van der Waals surface area contributed by atoms with Gasteiger partial charge in [-0.05, 0) is 31.0 Å². The fourth-order valence-electron chi connectivity index (χ4n) is 2.71. The van der Waals surface area contributed by atoms with Gasteiger partial charge < -0.3 is 0 Å². The number of rotatable bonds is 3. The minimum absolute atomic E-state index is 0.149. The highest BCUT2D eigenvalue weighted by Gasteiger charge is 2.27. The van der Waals surface area contributed by atoms with Crippen LogP contribution in [0.2, 0.25) is 0 Å². The first-order valence-electron chi connectivity index (χ1n) is 6.96. The lowest BCUT2D eigenvalue weighted by Gasteiger charge is -2.30. The van der Waals surface area contributed by atoms with Gasteiger partial charge in [-0.1, -0.05) is 6.07 Å². The quantitative estimate of drug-likeness (QED) is 0.934. The van der Waals surface area contributed by atoms with E-state index in [0.29, 0.717) is 13.1 Å². The van der Waals surface area contributed by atoms with E-state index in [4.69, 9.17) is 0 Å². The highest BCUT2D eigenvalue weighted by molar-refractivity contribution is 7.88. The summed E-state index contributed by atoms with van der Waals surface area (Å²) in [5, 5.41) is 6.83. The minimum Gasteiger partial charge on any atom is -0.276 e. The zero-order valence-electron chi connectivity index (χ0n) is 11.9. The second-order valence-corrected chi connectivity index (χ2v) is 7.36. The molecule has 112 valence electrons. The number of hydrogen-bond donors (Lipinski definition) is 1. The molecule has 1 fully saturated rings. The maximum absolute atomic E-state index is 11.7. The standard InChI is InChI=1S/C14H18N4O2S/c1-21(19,20)18-9-3-4-11(10-18)12-5-2-6-13(16-12)14-7-8-15-17-14/h2,5-8,11H,3-4,9-10H2,1H3,(H,15,17)/t11-/m0/s1. The van der Waals surface area contributed by atoms with Gasteiger partial charge in [-0.3, -0.25) is 10.1 Å². The zero-order valence-corrected chi connectivity index (χ0v) is 12.7. The smallest absolute Gasteiger partial charge is 0.211 e. The summed E-state index contributed by atoms with van der Waals surface area (Å²) in [6, 6.07) is 7.72. The first kappa shape index (κ1) is 14.2. The molecular formula is C14H18N4O2S. The number of hydrogen-bond acceptors (Lipinski definition) is 4. The molecule has 21 heavy (non-hydrogen) atoms. The Morgan fingerprint density at radius 3 is 2.90 bits per heavy atom. The van der Waals surface area contributed by atoms with E-state index >= 15 is 0 Å². The number of nitrogens with one attached hydrogen (secondary N) is 1. The van der Waals surface area contributed by atoms with Gasteiger partial charge in [0.25, 0.3) is 0 Å². The van der Waals surface area contributed by atoms with Gasteiger partial charge in [0, 0.05) is 30.9 Å². The maximum atomic E-state index is 11.7. The summed E-state index contributed by atoms with van der Waals surface area (Å²) < 4.78 is 25.0. The number of aromatic amines is 1. The van der Waals surface area contributed by atoms with Crippen molar-refractivity contribution in [3.8, 4) is 11.4 Å². The third-order valence-corrected chi connectivity index (χ3v) is 5.09. The predicted molar refractivity (Wildman–Crippen MR) is 80.2 cm³/mol. The predicted octanol–water partition coefficient (Wildman–Crippen LogP) is 1.61. The number of piperidine rings is 1. The molecule has 0 spiro atoms. The molecule has 0 radical (unpaired) electrons. The van der Waals surface area contributed by atoms with E-state index in [-0.39, 0.29) is 5.92 Å². The van der Waals surface area contributed by atoms with Crippen LogP contribution in [0.3, 0.4) is 0 Å². The molecule has 3 heterocycles. The van der Waals surface area contributed by atoms with Crippen molar-refractivity contribution in [2.45, 2.75) is 18.8 Å². The molecule has 6 nitrogen and oxygen atoms in total. The topological polar surface area (TPSA) is 79.0 Å². The second kappa shape index (κ2) is 5.57. The molecule has 1 aliphatic rings. The van der Waals surface area contributed by atoms with Crippen LogP contribution in [0, 0.1) is 0 Å². The van der Waals surface area contributed by atoms with Crippen LogP contribution >= 0.6 is 0 Å². The highest BCUT2D eigenvalue weighted by Crippen LogP contribution is 2.28. The molecule has 0 unspecified atom stereocenters. The van der Waals surface area contributed by atoms with Crippen LogP contribution in [0.15, 0.2) is 30.5 Å². The average molecular weight is 306 g/mol. The van der Waals surface area contributed by atoms with E-state index in [1.54, 1.807) is 10.5 Å². The van der Waals surface area contributed by atoms with Gasteiger partial charge in [0.2, 0.25) is 10.0 Å². The van der Waals surface area contributed by atoms with Gasteiger partial charge in [-0.2, -0.15) is 5.10 Å². The summed E-state index contributed by atoms with van der Waals surface area (Å²) >= 11 is 0. The number of nitrogens with zero attached hydrogens (tertiary/aromatic N) is 3. The summed E-state index contributed by atoms with van der Waals surface area (Å²) in [5.41, 5.74) is 2.64. The van der Waals surface area contributed by atoms with Crippen molar-refractivity contribution in [3.05, 3.63) is 36.2 Å². The Labute approximate surface area is 124 Å². The van der Waals surface area contributed by atoms with Gasteiger partial charge in [0.1, 0.15) is 0 Å². The van der Waals surface area contributed by atoms with Crippen LogP contribution in [-0.4, -0.2) is 47.2 Å². The molecule has 2 aromatic rings. The molecule has 3 rings (SSSR count). The summed E-state index contributed by atoms with van der Waals surface area (Å²) in [5.74, 6) is 0.149. The fraction of sp³-hybridized carbons (Fsp3) is 0.429. The van der Waals surface area contributed by atoms with Crippen molar-refractivity contribution >= 4 is 10.0 Å². The van der Waals surface area contributed by atoms with Gasteiger partial charge in [0.05, 0.1) is 17.6 Å². The van der Waals surface area contributed by atoms with Crippen molar-refractivity contribution in [1.29, 1.82) is 0 Å². The minimum atomic E-state index is -3.13. The van der Waals surface area contributed by atoms with Crippen LogP contribution in [0.4, 0.5) is 0 Å². The Morgan fingerprint density at radius 1 is 1.33 bits per heavy atom. The zero-order chi connectivity index (χ0) is 14.9. The lowest BCUT2D eigenvalue weighted by molar-refractivity contribution is 0.314. The summed E-state index contributed by atoms with van der Waals surface area (Å²) in [6.07, 6.45) is 4.79. The molecule has 7 heteroatoms. The Bertz CT molecular complexity index is 712. The van der Waals surface area contributed by atoms with Crippen molar-refractivity contribution in [1.82, 2.24) is 19.5 Å². The largest absolute Gasteiger partial charge is 0.276 e. The summed E-state index contributed by atoms with van der Waals surface area (Å²) in [4.78, 5) is 4.66. The molecule has 1 N–H and O–H groups in total. The lowest BCUT2D eigenvalue weighted by atomic mass is 9.95. The monoisotopic (exact) mass is 306 g/mol. The molecule has 0 aromatic carbocycles. The van der Waals surface area contributed by atoms with E-state index in [1.165, 1.54) is 6.26 Å². The van der Waals surface area contributed by atoms with E-state index < -0.39 is 10.0 Å². The van der Waals surface area contributed by atoms with Gasteiger partial charge in [-0.25, -0.2) is 12.7 Å². The Balaban J connectivity index is 1.85. The van der Waals surface area contributed by atoms with Crippen molar-refractivity contribution in [2.24, 2.45) is 0 Å². The Kier molecular flexibility index (Phi) is 3.77. The van der Waals surface area contributed by atoms with Gasteiger partial charge in [0.15, 0.2) is 0 Å². The molecule has 2 aromatic heterocycles. The van der Waals surface area contributed by atoms with E-state index in [1.807, 2.05) is 24.3 Å². The van der Waals surface area contributed by atoms with E-state index in [0.717, 1.165) is 29.9 Å². The fourth-order valence-corrected chi connectivity index (χ4v) is 3.62. The van der Waals surface area contributed by atoms with Gasteiger partial charge in [-0.15, -0.1) is 0 Å². The molecule has 0 amide bonds. The summed E-state index contributed by atoms with van der Waals surface area (Å²) in [7, 11) is -3.13. The van der Waals surface area contributed by atoms with Crippen LogP contribution in [-0.2, 0) is 10.0 Å². The van der Waals surface area contributed by atoms with E-state index in [2.05, 4.69) is 15.2 Å². The highest BCUT2D eigenvalue weighted by atomic mass is 32.2. The van der Waals surface area contributed by atoms with Crippen molar-refractivity contribution < 1.29 is 8.42 Å². The molecule has 0 aliphatic carbocycles. The number of H-pyrrole nitrogens is 1. The number of sulfonamides is 1. The average Bonchev–Trinajstić information content (AvgIpc) is 3.01. The number of aromatic nitrogens is 3. The summed E-state index contributed by atoms with van der Waals surface area (Å²) in [6.45, 7) is 1.12. The third-order valence-electron chi connectivity index (χ3n) is 3.82. The maximum Gasteiger partial charge on any atom is 0.211 e. The SMILES string of the molecule is CS(=O)(=O)N1CCC[C@H](c2cccc(-c3ccn[nH]3)n2)C1. The third kappa shape index (κ3) is 3.14. The molecule has 1 saturated heterocycles. The van der Waals surface area contributed by atoms with E-state index in [9.17, 15) is 8.42 Å². The second-order valence-electron chi connectivity index (χ2n) is 5.38. The molecule has 0 bridgehead atoms. The van der Waals surface area contributed by atoms with Crippen molar-refractivity contribution in [3.63, 3.8) is 0 Å². The normalized spacial score (nSPS) is 20.5. The Morgan fingerprint density at radius 2 is 2.19 bits per heavy atom. The molecule has 1 aliphatic heterocycles. The Hall–Kier alpha value is -1.73. The lowest BCUT2D eigenvalue weighted by Crippen LogP contribution is -2.38. The van der Waals surface area contributed by atoms with Gasteiger partial charge >= 0.3 is 0 Å². The first-order chi connectivity index (χ1) is 10.0. The first-order valence-corrected chi connectivity index (χ1v) is 8.81. The number of pyridine rings is 1. The molecular weight excluding hydrogens is 288 g/mol. The van der Waals surface area contributed by atoms with Crippen LogP contribution in [0.5, 0.6) is 0 Å².